The third kappa shape index (κ3) is 2.85. The van der Waals surface area contributed by atoms with Crippen molar-refractivity contribution in [2.45, 2.75) is 12.5 Å². The molecule has 1 atom stereocenters. The summed E-state index contributed by atoms with van der Waals surface area (Å²) in [5.74, 6) is 0.184. The Balaban J connectivity index is 2.63. The molecule has 1 aromatic rings. The number of hydrogen-bond donors (Lipinski definition) is 3. The maximum absolute atomic E-state index is 10.3. The smallest absolute Gasteiger partial charge is 0.139 e. The van der Waals surface area contributed by atoms with Gasteiger partial charge in [0.25, 0.3) is 0 Å². The normalized spacial score (nSPS) is 12.4. The van der Waals surface area contributed by atoms with Gasteiger partial charge in [0.15, 0.2) is 0 Å². The summed E-state index contributed by atoms with van der Waals surface area (Å²) in [5.41, 5.74) is 2.76. The van der Waals surface area contributed by atoms with E-state index in [4.69, 9.17) is 10.3 Å². The van der Waals surface area contributed by atoms with Crippen LogP contribution in [0.4, 0.5) is 0 Å². The first-order valence-corrected chi connectivity index (χ1v) is 3.89. The Kier molecular flexibility index (Phi) is 3.42. The Bertz CT molecular complexity index is 271. The highest BCUT2D eigenvalue weighted by Crippen LogP contribution is 2.10. The van der Waals surface area contributed by atoms with E-state index in [1.165, 1.54) is 12.1 Å². The first kappa shape index (κ1) is 9.70. The standard InChI is InChI=1S/C9H11NO3/c11-6-8(10-13)5-7-1-3-9(12)4-2-7/h1-4,6,8,10,12-13H,5H2/t8-/m0/s1. The molecule has 0 unspecified atom stereocenters. The molecule has 1 rings (SSSR count). The predicted octanol–water partition coefficient (Wildman–Crippen LogP) is 0.481. The van der Waals surface area contributed by atoms with E-state index >= 15 is 0 Å². The van der Waals surface area contributed by atoms with Crippen LogP contribution in [-0.4, -0.2) is 22.6 Å². The van der Waals surface area contributed by atoms with E-state index in [1.54, 1.807) is 12.1 Å². The van der Waals surface area contributed by atoms with Gasteiger partial charge < -0.3 is 15.1 Å². The zero-order chi connectivity index (χ0) is 9.68. The minimum absolute atomic E-state index is 0.184. The van der Waals surface area contributed by atoms with Crippen molar-refractivity contribution >= 4 is 6.29 Å². The molecule has 0 heterocycles. The van der Waals surface area contributed by atoms with E-state index in [2.05, 4.69) is 0 Å². The van der Waals surface area contributed by atoms with Crippen molar-refractivity contribution in [3.8, 4) is 5.75 Å². The predicted molar refractivity (Wildman–Crippen MR) is 46.6 cm³/mol. The lowest BCUT2D eigenvalue weighted by Crippen LogP contribution is -2.29. The number of rotatable bonds is 4. The number of carbonyl (C=O) groups excluding carboxylic acids is 1. The van der Waals surface area contributed by atoms with Crippen LogP contribution < -0.4 is 5.48 Å². The maximum atomic E-state index is 10.3. The van der Waals surface area contributed by atoms with Crippen LogP contribution in [0.25, 0.3) is 0 Å². The van der Waals surface area contributed by atoms with Crippen molar-refractivity contribution in [3.05, 3.63) is 29.8 Å². The van der Waals surface area contributed by atoms with Crippen molar-refractivity contribution in [2.75, 3.05) is 0 Å². The molecule has 4 nitrogen and oxygen atoms in total. The van der Waals surface area contributed by atoms with E-state index in [0.29, 0.717) is 12.7 Å². The molecule has 0 radical (unpaired) electrons. The van der Waals surface area contributed by atoms with Gasteiger partial charge in [-0.05, 0) is 24.1 Å². The van der Waals surface area contributed by atoms with Gasteiger partial charge in [-0.3, -0.25) is 0 Å². The molecule has 3 N–H and O–H groups in total. The number of nitrogens with one attached hydrogen (secondary N) is 1. The second-order valence-corrected chi connectivity index (χ2v) is 2.74. The van der Waals surface area contributed by atoms with E-state index in [0.717, 1.165) is 5.56 Å². The Hall–Kier alpha value is -1.39. The number of hydrogen-bond acceptors (Lipinski definition) is 4. The third-order valence-electron chi connectivity index (χ3n) is 1.72. The molecule has 0 aliphatic rings. The van der Waals surface area contributed by atoms with E-state index in [-0.39, 0.29) is 5.75 Å². The van der Waals surface area contributed by atoms with Gasteiger partial charge in [0.1, 0.15) is 12.0 Å². The third-order valence-corrected chi connectivity index (χ3v) is 1.72. The number of phenols is 1. The van der Waals surface area contributed by atoms with Crippen LogP contribution in [0.1, 0.15) is 5.56 Å². The highest BCUT2D eigenvalue weighted by atomic mass is 16.5. The molecule has 13 heavy (non-hydrogen) atoms. The molecule has 0 aliphatic heterocycles. The van der Waals surface area contributed by atoms with Gasteiger partial charge in [-0.1, -0.05) is 12.1 Å². The summed E-state index contributed by atoms with van der Waals surface area (Å²) in [4.78, 5) is 10.3. The van der Waals surface area contributed by atoms with Crippen LogP contribution in [0, 0.1) is 0 Å². The SMILES string of the molecule is O=C[C@H](Cc1ccc(O)cc1)NO. The van der Waals surface area contributed by atoms with Crippen LogP contribution in [0.3, 0.4) is 0 Å². The van der Waals surface area contributed by atoms with Gasteiger partial charge in [0.2, 0.25) is 0 Å². The lowest BCUT2D eigenvalue weighted by molar-refractivity contribution is -0.111. The molecule has 0 amide bonds. The Morgan fingerprint density at radius 2 is 2.00 bits per heavy atom. The van der Waals surface area contributed by atoms with Crippen molar-refractivity contribution in [1.29, 1.82) is 0 Å². The number of aromatic hydroxyl groups is 1. The monoisotopic (exact) mass is 181 g/mol. The number of benzene rings is 1. The topological polar surface area (TPSA) is 69.6 Å². The van der Waals surface area contributed by atoms with Crippen LogP contribution in [0.15, 0.2) is 24.3 Å². The Morgan fingerprint density at radius 3 is 2.46 bits per heavy atom. The first-order valence-electron chi connectivity index (χ1n) is 3.89. The van der Waals surface area contributed by atoms with Crippen molar-refractivity contribution < 1.29 is 15.1 Å². The van der Waals surface area contributed by atoms with Crippen molar-refractivity contribution in [1.82, 2.24) is 5.48 Å². The first-order chi connectivity index (χ1) is 6.26. The molecule has 0 saturated heterocycles. The lowest BCUT2D eigenvalue weighted by Gasteiger charge is -2.06. The molecule has 0 saturated carbocycles. The molecule has 0 aromatic heterocycles. The average molecular weight is 181 g/mol. The summed E-state index contributed by atoms with van der Waals surface area (Å²) in [6, 6.07) is 5.87. The summed E-state index contributed by atoms with van der Waals surface area (Å²) in [5, 5.41) is 17.5. The van der Waals surface area contributed by atoms with E-state index in [9.17, 15) is 4.79 Å². The Labute approximate surface area is 75.8 Å². The van der Waals surface area contributed by atoms with E-state index < -0.39 is 6.04 Å². The van der Waals surface area contributed by atoms with Crippen LogP contribution in [0.5, 0.6) is 5.75 Å². The quantitative estimate of drug-likeness (QED) is 0.467. The molecule has 1 aromatic carbocycles. The highest BCUT2D eigenvalue weighted by molar-refractivity contribution is 5.58. The summed E-state index contributed by atoms with van der Waals surface area (Å²) >= 11 is 0. The number of phenolic OH excluding ortho intramolecular Hbond substituents is 1. The number of aldehydes is 1. The van der Waals surface area contributed by atoms with Crippen LogP contribution >= 0.6 is 0 Å². The van der Waals surface area contributed by atoms with Crippen LogP contribution in [-0.2, 0) is 11.2 Å². The Morgan fingerprint density at radius 1 is 1.38 bits per heavy atom. The molecule has 0 spiro atoms. The molecule has 0 bridgehead atoms. The fourth-order valence-corrected chi connectivity index (χ4v) is 1.01. The minimum Gasteiger partial charge on any atom is -0.508 e. The second-order valence-electron chi connectivity index (χ2n) is 2.74. The van der Waals surface area contributed by atoms with Gasteiger partial charge in [-0.2, -0.15) is 5.48 Å². The summed E-state index contributed by atoms with van der Waals surface area (Å²) < 4.78 is 0. The van der Waals surface area contributed by atoms with Gasteiger partial charge >= 0.3 is 0 Å². The average Bonchev–Trinajstić information content (AvgIpc) is 2.17. The fourth-order valence-electron chi connectivity index (χ4n) is 1.01. The number of hydroxylamine groups is 1. The van der Waals surface area contributed by atoms with Gasteiger partial charge in [0, 0.05) is 0 Å². The van der Waals surface area contributed by atoms with Gasteiger partial charge in [-0.25, -0.2) is 0 Å². The minimum atomic E-state index is -0.593. The molecular formula is C9H11NO3. The highest BCUT2D eigenvalue weighted by Gasteiger charge is 2.05. The zero-order valence-corrected chi connectivity index (χ0v) is 6.97. The van der Waals surface area contributed by atoms with Gasteiger partial charge in [-0.15, -0.1) is 0 Å². The molecule has 70 valence electrons. The molecule has 4 heteroatoms. The summed E-state index contributed by atoms with van der Waals surface area (Å²) in [6.45, 7) is 0. The number of carbonyl (C=O) groups is 1. The lowest BCUT2D eigenvalue weighted by atomic mass is 10.1. The van der Waals surface area contributed by atoms with Gasteiger partial charge in [0.05, 0.1) is 6.04 Å². The largest absolute Gasteiger partial charge is 0.508 e. The van der Waals surface area contributed by atoms with E-state index in [1.807, 2.05) is 5.48 Å². The molecule has 0 aliphatic carbocycles. The zero-order valence-electron chi connectivity index (χ0n) is 6.97. The molecule has 0 fully saturated rings. The van der Waals surface area contributed by atoms with Crippen molar-refractivity contribution in [2.24, 2.45) is 0 Å². The second kappa shape index (κ2) is 4.59. The summed E-state index contributed by atoms with van der Waals surface area (Å²) in [7, 11) is 0. The van der Waals surface area contributed by atoms with Crippen molar-refractivity contribution in [3.63, 3.8) is 0 Å². The fraction of sp³-hybridized carbons (Fsp3) is 0.222. The maximum Gasteiger partial charge on any atom is 0.139 e. The van der Waals surface area contributed by atoms with Crippen LogP contribution in [0.2, 0.25) is 0 Å². The molecular weight excluding hydrogens is 170 g/mol. The summed E-state index contributed by atoms with van der Waals surface area (Å²) in [6.07, 6.45) is 1.03.